The fraction of sp³-hybridized carbons (Fsp3) is 0.417. The lowest BCUT2D eigenvalue weighted by Crippen LogP contribution is -1.98. The number of hydrogen-bond donors (Lipinski definition) is 1. The average molecular weight is 261 g/mol. The van der Waals surface area contributed by atoms with Crippen LogP contribution in [0.15, 0.2) is 18.2 Å². The molecule has 94 valence electrons. The summed E-state index contributed by atoms with van der Waals surface area (Å²) in [6.45, 7) is 0. The van der Waals surface area contributed by atoms with Crippen molar-refractivity contribution in [3.05, 3.63) is 29.6 Å². The van der Waals surface area contributed by atoms with Gasteiger partial charge in [0.05, 0.1) is 12.5 Å². The van der Waals surface area contributed by atoms with E-state index in [4.69, 9.17) is 21.4 Å². The third-order valence-corrected chi connectivity index (χ3v) is 2.86. The van der Waals surface area contributed by atoms with E-state index in [-0.39, 0.29) is 17.5 Å². The lowest BCUT2D eigenvalue weighted by molar-refractivity contribution is -0.137. The molecule has 0 aliphatic rings. The van der Waals surface area contributed by atoms with Crippen LogP contribution in [0.5, 0.6) is 5.75 Å². The van der Waals surface area contributed by atoms with Crippen molar-refractivity contribution in [1.82, 2.24) is 0 Å². The monoisotopic (exact) mass is 260 g/mol. The van der Waals surface area contributed by atoms with Gasteiger partial charge in [-0.15, -0.1) is 11.6 Å². The minimum atomic E-state index is -0.852. The Hall–Kier alpha value is -1.29. The molecule has 0 aliphatic carbocycles. The first-order valence-corrected chi connectivity index (χ1v) is 5.67. The highest BCUT2D eigenvalue weighted by molar-refractivity contribution is 6.20. The summed E-state index contributed by atoms with van der Waals surface area (Å²) < 4.78 is 18.2. The van der Waals surface area contributed by atoms with E-state index in [9.17, 15) is 9.18 Å². The summed E-state index contributed by atoms with van der Waals surface area (Å²) in [5, 5.41) is 8.11. The first kappa shape index (κ1) is 13.8. The molecule has 0 bridgehead atoms. The number of alkyl halides is 1. The molecule has 0 amide bonds. The van der Waals surface area contributed by atoms with Gasteiger partial charge in [-0.05, 0) is 30.5 Å². The zero-order valence-corrected chi connectivity index (χ0v) is 10.2. The van der Waals surface area contributed by atoms with Crippen LogP contribution in [0.3, 0.4) is 0 Å². The van der Waals surface area contributed by atoms with Crippen LogP contribution in [0.2, 0.25) is 0 Å². The molecule has 1 N–H and O–H groups in total. The Labute approximate surface area is 104 Å². The largest absolute Gasteiger partial charge is 0.494 e. The van der Waals surface area contributed by atoms with Crippen molar-refractivity contribution < 1.29 is 19.0 Å². The number of carboxylic acids is 1. The topological polar surface area (TPSA) is 46.5 Å². The molecule has 1 atom stereocenters. The predicted octanol–water partition coefficient (Wildman–Crippen LogP) is 3.37. The van der Waals surface area contributed by atoms with Gasteiger partial charge in [-0.25, -0.2) is 4.39 Å². The molecule has 0 heterocycles. The third-order valence-electron chi connectivity index (χ3n) is 2.39. The number of ether oxygens (including phenoxy) is 1. The van der Waals surface area contributed by atoms with E-state index < -0.39 is 11.8 Å². The molecule has 0 saturated carbocycles. The Kier molecular flexibility index (Phi) is 5.22. The second kappa shape index (κ2) is 6.45. The lowest BCUT2D eigenvalue weighted by Gasteiger charge is -2.10. The SMILES string of the molecule is COc1ccc(C(Cl)CCCC(=O)O)cc1F. The minimum absolute atomic E-state index is 0.0713. The third kappa shape index (κ3) is 4.23. The molecule has 0 fully saturated rings. The maximum Gasteiger partial charge on any atom is 0.303 e. The summed E-state index contributed by atoms with van der Waals surface area (Å²) in [5.41, 5.74) is 0.635. The van der Waals surface area contributed by atoms with E-state index in [1.165, 1.54) is 19.2 Å². The van der Waals surface area contributed by atoms with Gasteiger partial charge in [-0.2, -0.15) is 0 Å². The van der Waals surface area contributed by atoms with E-state index >= 15 is 0 Å². The Bertz CT molecular complexity index is 395. The maximum absolute atomic E-state index is 13.4. The molecule has 1 aromatic rings. The molecule has 0 aliphatic heterocycles. The van der Waals surface area contributed by atoms with Crippen molar-refractivity contribution in [2.75, 3.05) is 7.11 Å². The van der Waals surface area contributed by atoms with Crippen molar-refractivity contribution in [2.45, 2.75) is 24.6 Å². The summed E-state index contributed by atoms with van der Waals surface area (Å²) in [5.74, 6) is -1.15. The van der Waals surface area contributed by atoms with Gasteiger partial charge in [0.25, 0.3) is 0 Å². The number of methoxy groups -OCH3 is 1. The Balaban J connectivity index is 2.59. The van der Waals surface area contributed by atoms with E-state index in [1.54, 1.807) is 6.07 Å². The van der Waals surface area contributed by atoms with Crippen molar-refractivity contribution in [1.29, 1.82) is 0 Å². The molecule has 0 aromatic heterocycles. The number of carbonyl (C=O) groups is 1. The fourth-order valence-electron chi connectivity index (χ4n) is 1.48. The highest BCUT2D eigenvalue weighted by atomic mass is 35.5. The molecule has 1 rings (SSSR count). The molecule has 17 heavy (non-hydrogen) atoms. The highest BCUT2D eigenvalue weighted by Gasteiger charge is 2.11. The quantitative estimate of drug-likeness (QED) is 0.798. The van der Waals surface area contributed by atoms with Crippen molar-refractivity contribution in [2.24, 2.45) is 0 Å². The number of rotatable bonds is 6. The van der Waals surface area contributed by atoms with Gasteiger partial charge in [-0.3, -0.25) is 4.79 Å². The predicted molar refractivity (Wildman–Crippen MR) is 63.0 cm³/mol. The number of benzene rings is 1. The zero-order chi connectivity index (χ0) is 12.8. The van der Waals surface area contributed by atoms with Crippen LogP contribution in [-0.4, -0.2) is 18.2 Å². The van der Waals surface area contributed by atoms with Crippen LogP contribution in [-0.2, 0) is 4.79 Å². The molecule has 1 aromatic carbocycles. The van der Waals surface area contributed by atoms with Gasteiger partial charge in [-0.1, -0.05) is 6.07 Å². The van der Waals surface area contributed by atoms with Crippen LogP contribution >= 0.6 is 11.6 Å². The standard InChI is InChI=1S/C12H14ClFO3/c1-17-11-6-5-8(7-10(11)14)9(13)3-2-4-12(15)16/h5-7,9H,2-4H2,1H3,(H,15,16). The van der Waals surface area contributed by atoms with Crippen molar-refractivity contribution >= 4 is 17.6 Å². The summed E-state index contributed by atoms with van der Waals surface area (Å²) in [4.78, 5) is 10.3. The van der Waals surface area contributed by atoms with Crippen LogP contribution in [0.4, 0.5) is 4.39 Å². The smallest absolute Gasteiger partial charge is 0.303 e. The molecule has 0 saturated heterocycles. The highest BCUT2D eigenvalue weighted by Crippen LogP contribution is 2.29. The molecule has 0 spiro atoms. The van der Waals surface area contributed by atoms with Crippen molar-refractivity contribution in [3.8, 4) is 5.75 Å². The molecular weight excluding hydrogens is 247 g/mol. The number of halogens is 2. The molecule has 5 heteroatoms. The number of hydrogen-bond acceptors (Lipinski definition) is 2. The van der Waals surface area contributed by atoms with E-state index in [0.717, 1.165) is 0 Å². The summed E-state index contributed by atoms with van der Waals surface area (Å²) in [6.07, 6.45) is 1.04. The van der Waals surface area contributed by atoms with Gasteiger partial charge in [0, 0.05) is 6.42 Å². The van der Waals surface area contributed by atoms with Crippen LogP contribution in [0, 0.1) is 5.82 Å². The Morgan fingerprint density at radius 2 is 2.29 bits per heavy atom. The second-order valence-electron chi connectivity index (χ2n) is 3.65. The van der Waals surface area contributed by atoms with E-state index in [0.29, 0.717) is 18.4 Å². The molecule has 1 unspecified atom stereocenters. The molecular formula is C12H14ClFO3. The van der Waals surface area contributed by atoms with E-state index in [1.807, 2.05) is 0 Å². The van der Waals surface area contributed by atoms with Crippen molar-refractivity contribution in [3.63, 3.8) is 0 Å². The van der Waals surface area contributed by atoms with Crippen LogP contribution < -0.4 is 4.74 Å². The summed E-state index contributed by atoms with van der Waals surface area (Å²) >= 11 is 6.06. The maximum atomic E-state index is 13.4. The van der Waals surface area contributed by atoms with E-state index in [2.05, 4.69) is 0 Å². The first-order chi connectivity index (χ1) is 8.04. The Morgan fingerprint density at radius 1 is 1.59 bits per heavy atom. The van der Waals surface area contributed by atoms with Gasteiger partial charge in [0.1, 0.15) is 0 Å². The number of carboxylic acid groups (broad SMARTS) is 1. The van der Waals surface area contributed by atoms with Gasteiger partial charge in [0.2, 0.25) is 0 Å². The van der Waals surface area contributed by atoms with Gasteiger partial charge in [0.15, 0.2) is 11.6 Å². The average Bonchev–Trinajstić information content (AvgIpc) is 2.28. The summed E-state index contributed by atoms with van der Waals surface area (Å²) in [6, 6.07) is 4.51. The molecule has 3 nitrogen and oxygen atoms in total. The second-order valence-corrected chi connectivity index (χ2v) is 4.17. The van der Waals surface area contributed by atoms with Crippen LogP contribution in [0.1, 0.15) is 30.2 Å². The fourth-order valence-corrected chi connectivity index (χ4v) is 1.77. The zero-order valence-electron chi connectivity index (χ0n) is 9.45. The Morgan fingerprint density at radius 3 is 2.82 bits per heavy atom. The minimum Gasteiger partial charge on any atom is -0.494 e. The molecule has 0 radical (unpaired) electrons. The van der Waals surface area contributed by atoms with Gasteiger partial charge < -0.3 is 9.84 Å². The first-order valence-electron chi connectivity index (χ1n) is 5.24. The lowest BCUT2D eigenvalue weighted by atomic mass is 10.1. The normalized spacial score (nSPS) is 12.2. The number of aliphatic carboxylic acids is 1. The van der Waals surface area contributed by atoms with Crippen LogP contribution in [0.25, 0.3) is 0 Å². The van der Waals surface area contributed by atoms with Gasteiger partial charge >= 0.3 is 5.97 Å². The summed E-state index contributed by atoms with van der Waals surface area (Å²) in [7, 11) is 1.39.